The van der Waals surface area contributed by atoms with Crippen LogP contribution in [0.25, 0.3) is 0 Å². The van der Waals surface area contributed by atoms with Crippen molar-refractivity contribution in [2.75, 3.05) is 0 Å². The van der Waals surface area contributed by atoms with Gasteiger partial charge in [0.1, 0.15) is 11.8 Å². The number of aliphatic hydroxyl groups excluding tert-OH is 1. The molecule has 18 heavy (non-hydrogen) atoms. The number of rotatable bonds is 4. The number of nitrogens with zero attached hydrogens (tertiary/aromatic N) is 3. The highest BCUT2D eigenvalue weighted by Gasteiger charge is 2.30. The first-order valence-corrected chi connectivity index (χ1v) is 7.65. The monoisotopic (exact) mass is 315 g/mol. The minimum absolute atomic E-state index is 0.353. The second kappa shape index (κ2) is 6.15. The van der Waals surface area contributed by atoms with Crippen molar-refractivity contribution < 1.29 is 5.11 Å². The summed E-state index contributed by atoms with van der Waals surface area (Å²) in [5.74, 6) is 1.22. The van der Waals surface area contributed by atoms with Gasteiger partial charge in [-0.2, -0.15) is 0 Å². The largest absolute Gasteiger partial charge is 0.386 e. The van der Waals surface area contributed by atoms with Crippen molar-refractivity contribution in [2.24, 2.45) is 18.9 Å². The molecule has 4 nitrogen and oxygen atoms in total. The maximum Gasteiger partial charge on any atom is 0.154 e. The highest BCUT2D eigenvalue weighted by molar-refractivity contribution is 9.10. The van der Waals surface area contributed by atoms with Crippen LogP contribution in [0.15, 0.2) is 4.60 Å². The average molecular weight is 316 g/mol. The molecule has 1 unspecified atom stereocenters. The average Bonchev–Trinajstić information content (AvgIpc) is 2.70. The molecule has 1 aromatic rings. The lowest BCUT2D eigenvalue weighted by atomic mass is 9.77. The van der Waals surface area contributed by atoms with E-state index in [4.69, 9.17) is 0 Å². The topological polar surface area (TPSA) is 50.9 Å². The quantitative estimate of drug-likeness (QED) is 0.928. The summed E-state index contributed by atoms with van der Waals surface area (Å²) < 4.78 is 2.35. The molecule has 1 aromatic heterocycles. The third-order valence-electron chi connectivity index (χ3n) is 4.14. The molecular formula is C13H22BrN3O. The number of hydrogen-bond acceptors (Lipinski definition) is 3. The Kier molecular flexibility index (Phi) is 4.78. The summed E-state index contributed by atoms with van der Waals surface area (Å²) in [4.78, 5) is 0. The minimum Gasteiger partial charge on any atom is -0.386 e. The van der Waals surface area contributed by atoms with E-state index >= 15 is 0 Å². The number of aryl methyl sites for hydroxylation is 1. The maximum absolute atomic E-state index is 10.5. The lowest BCUT2D eigenvalue weighted by molar-refractivity contribution is 0.0653. The van der Waals surface area contributed by atoms with Gasteiger partial charge in [0, 0.05) is 7.05 Å². The van der Waals surface area contributed by atoms with Crippen molar-refractivity contribution in [1.29, 1.82) is 0 Å². The SMILES string of the molecule is CCCC1CCC(C(O)c2c(Br)nnn2C)CC1. The predicted molar refractivity (Wildman–Crippen MR) is 74.0 cm³/mol. The summed E-state index contributed by atoms with van der Waals surface area (Å²) in [6.07, 6.45) is 6.89. The Balaban J connectivity index is 1.97. The summed E-state index contributed by atoms with van der Waals surface area (Å²) in [6.45, 7) is 2.25. The third-order valence-corrected chi connectivity index (χ3v) is 4.71. The zero-order valence-electron chi connectivity index (χ0n) is 11.1. The van der Waals surface area contributed by atoms with E-state index in [2.05, 4.69) is 33.2 Å². The molecule has 1 N–H and O–H groups in total. The third kappa shape index (κ3) is 2.94. The van der Waals surface area contributed by atoms with Crippen LogP contribution < -0.4 is 0 Å². The van der Waals surface area contributed by atoms with E-state index in [-0.39, 0.29) is 0 Å². The van der Waals surface area contributed by atoms with Crippen molar-refractivity contribution >= 4 is 15.9 Å². The molecule has 1 heterocycles. The Morgan fingerprint density at radius 1 is 1.39 bits per heavy atom. The van der Waals surface area contributed by atoms with Gasteiger partial charge in [-0.3, -0.25) is 0 Å². The van der Waals surface area contributed by atoms with E-state index < -0.39 is 6.10 Å². The Labute approximate surface area is 117 Å². The summed E-state index contributed by atoms with van der Waals surface area (Å²) in [6, 6.07) is 0. The first kappa shape index (κ1) is 14.0. The van der Waals surface area contributed by atoms with Crippen LogP contribution in [-0.2, 0) is 7.05 Å². The van der Waals surface area contributed by atoms with Gasteiger partial charge in [-0.1, -0.05) is 37.8 Å². The molecule has 0 aliphatic heterocycles. The van der Waals surface area contributed by atoms with E-state index in [1.165, 1.54) is 25.7 Å². The van der Waals surface area contributed by atoms with Crippen LogP contribution >= 0.6 is 15.9 Å². The van der Waals surface area contributed by atoms with Gasteiger partial charge in [-0.15, -0.1) is 5.10 Å². The van der Waals surface area contributed by atoms with E-state index in [9.17, 15) is 5.11 Å². The number of halogens is 1. The van der Waals surface area contributed by atoms with Crippen molar-refractivity contribution in [3.63, 3.8) is 0 Å². The maximum atomic E-state index is 10.5. The molecule has 1 aliphatic rings. The molecule has 102 valence electrons. The van der Waals surface area contributed by atoms with Gasteiger partial charge >= 0.3 is 0 Å². The van der Waals surface area contributed by atoms with Crippen molar-refractivity contribution in [1.82, 2.24) is 15.0 Å². The molecular weight excluding hydrogens is 294 g/mol. The van der Waals surface area contributed by atoms with Gasteiger partial charge < -0.3 is 5.11 Å². The number of aliphatic hydroxyl groups is 1. The highest BCUT2D eigenvalue weighted by Crippen LogP contribution is 2.39. The smallest absolute Gasteiger partial charge is 0.154 e. The first-order chi connectivity index (χ1) is 8.63. The molecule has 1 atom stereocenters. The second-order valence-corrected chi connectivity index (χ2v) is 6.15. The van der Waals surface area contributed by atoms with Gasteiger partial charge in [0.05, 0.1) is 0 Å². The van der Waals surface area contributed by atoms with Gasteiger partial charge in [-0.25, -0.2) is 4.68 Å². The van der Waals surface area contributed by atoms with Crippen LogP contribution in [-0.4, -0.2) is 20.1 Å². The Bertz CT molecular complexity index is 366. The first-order valence-electron chi connectivity index (χ1n) is 6.86. The fraction of sp³-hybridized carbons (Fsp3) is 0.846. The van der Waals surface area contributed by atoms with Crippen LogP contribution in [0.5, 0.6) is 0 Å². The molecule has 0 amide bonds. The van der Waals surface area contributed by atoms with E-state index in [0.717, 1.165) is 24.5 Å². The summed E-state index contributed by atoms with van der Waals surface area (Å²) in [5, 5.41) is 18.4. The normalized spacial score (nSPS) is 26.2. The summed E-state index contributed by atoms with van der Waals surface area (Å²) in [7, 11) is 1.83. The standard InChI is InChI=1S/C13H22BrN3O/c1-3-4-9-5-7-10(8-6-9)12(18)11-13(14)15-16-17(11)2/h9-10,12,18H,3-8H2,1-2H3. The minimum atomic E-state index is -0.443. The van der Waals surface area contributed by atoms with E-state index in [0.29, 0.717) is 10.5 Å². The van der Waals surface area contributed by atoms with Gasteiger partial charge in [0.2, 0.25) is 0 Å². The summed E-state index contributed by atoms with van der Waals surface area (Å²) >= 11 is 3.37. The van der Waals surface area contributed by atoms with Gasteiger partial charge in [0.15, 0.2) is 4.60 Å². The van der Waals surface area contributed by atoms with Gasteiger partial charge in [0.25, 0.3) is 0 Å². The molecule has 1 saturated carbocycles. The number of hydrogen-bond donors (Lipinski definition) is 1. The highest BCUT2D eigenvalue weighted by atomic mass is 79.9. The Morgan fingerprint density at radius 2 is 2.06 bits per heavy atom. The van der Waals surface area contributed by atoms with Crippen LogP contribution in [0.1, 0.15) is 57.2 Å². The molecule has 2 rings (SSSR count). The summed E-state index contributed by atoms with van der Waals surface area (Å²) in [5.41, 5.74) is 0.814. The predicted octanol–water partition coefficient (Wildman–Crippen LogP) is 3.22. The van der Waals surface area contributed by atoms with Crippen LogP contribution in [0, 0.1) is 11.8 Å². The van der Waals surface area contributed by atoms with Crippen molar-refractivity contribution in [3.05, 3.63) is 10.3 Å². The van der Waals surface area contributed by atoms with E-state index in [1.54, 1.807) is 4.68 Å². The number of aromatic nitrogens is 3. The lowest BCUT2D eigenvalue weighted by Crippen LogP contribution is -2.22. The lowest BCUT2D eigenvalue weighted by Gasteiger charge is -2.31. The molecule has 0 aromatic carbocycles. The zero-order chi connectivity index (χ0) is 13.1. The van der Waals surface area contributed by atoms with Crippen LogP contribution in [0.2, 0.25) is 0 Å². The van der Waals surface area contributed by atoms with Gasteiger partial charge in [-0.05, 0) is 40.6 Å². The molecule has 5 heteroatoms. The zero-order valence-corrected chi connectivity index (χ0v) is 12.7. The van der Waals surface area contributed by atoms with E-state index in [1.807, 2.05) is 7.05 Å². The fourth-order valence-corrected chi connectivity index (χ4v) is 3.64. The Morgan fingerprint density at radius 3 is 2.56 bits per heavy atom. The van der Waals surface area contributed by atoms with Crippen LogP contribution in [0.4, 0.5) is 0 Å². The molecule has 0 saturated heterocycles. The van der Waals surface area contributed by atoms with Crippen molar-refractivity contribution in [3.8, 4) is 0 Å². The molecule has 0 spiro atoms. The molecule has 0 bridgehead atoms. The van der Waals surface area contributed by atoms with Crippen LogP contribution in [0.3, 0.4) is 0 Å². The Hall–Kier alpha value is -0.420. The molecule has 1 fully saturated rings. The second-order valence-electron chi connectivity index (χ2n) is 5.40. The fourth-order valence-electron chi connectivity index (χ4n) is 3.08. The molecule has 1 aliphatic carbocycles. The van der Waals surface area contributed by atoms with Crippen molar-refractivity contribution in [2.45, 2.75) is 51.6 Å². The molecule has 0 radical (unpaired) electrons.